The summed E-state index contributed by atoms with van der Waals surface area (Å²) in [6, 6.07) is 18.3. The summed E-state index contributed by atoms with van der Waals surface area (Å²) >= 11 is 0. The highest BCUT2D eigenvalue weighted by Crippen LogP contribution is 2.21. The minimum Gasteiger partial charge on any atom is -0.374 e. The number of anilines is 1. The van der Waals surface area contributed by atoms with E-state index in [-0.39, 0.29) is 0 Å². The van der Waals surface area contributed by atoms with Crippen molar-refractivity contribution in [3.63, 3.8) is 0 Å². The number of hydrogen-bond donors (Lipinski definition) is 1. The molecule has 0 saturated heterocycles. The number of hydrogen-bond acceptors (Lipinski definition) is 3. The fourth-order valence-electron chi connectivity index (χ4n) is 2.90. The van der Waals surface area contributed by atoms with Gasteiger partial charge in [-0.15, -0.1) is 0 Å². The van der Waals surface area contributed by atoms with Gasteiger partial charge in [0.05, 0.1) is 24.6 Å². The maximum Gasteiger partial charge on any atom is 0.0720 e. The fraction of sp³-hybridized carbons (Fsp3) is 0.350. The number of benzene rings is 2. The third-order valence-electron chi connectivity index (χ3n) is 4.17. The van der Waals surface area contributed by atoms with Crippen LogP contribution in [-0.4, -0.2) is 12.3 Å². The molecule has 3 rings (SSSR count). The molecule has 0 atom stereocenters. The van der Waals surface area contributed by atoms with E-state index in [9.17, 15) is 0 Å². The molecule has 120 valence electrons. The van der Waals surface area contributed by atoms with Crippen molar-refractivity contribution in [3.8, 4) is 0 Å². The van der Waals surface area contributed by atoms with Gasteiger partial charge in [-0.05, 0) is 42.2 Å². The van der Waals surface area contributed by atoms with Crippen LogP contribution in [0.15, 0.2) is 59.7 Å². The molecular weight excluding hydrogens is 284 g/mol. The van der Waals surface area contributed by atoms with Crippen LogP contribution >= 0.6 is 0 Å². The molecule has 2 aromatic rings. The first kappa shape index (κ1) is 15.8. The number of ether oxygens (including phenoxy) is 1. The lowest BCUT2D eigenvalue weighted by Gasteiger charge is -2.22. The molecule has 3 nitrogen and oxygen atoms in total. The van der Waals surface area contributed by atoms with Crippen molar-refractivity contribution in [1.29, 1.82) is 0 Å². The highest BCUT2D eigenvalue weighted by molar-refractivity contribution is 5.80. The van der Waals surface area contributed by atoms with Crippen LogP contribution in [0.2, 0.25) is 0 Å². The van der Waals surface area contributed by atoms with Gasteiger partial charge in [-0.3, -0.25) is 5.43 Å². The van der Waals surface area contributed by atoms with Crippen LogP contribution in [0.5, 0.6) is 0 Å². The van der Waals surface area contributed by atoms with Crippen molar-refractivity contribution in [1.82, 2.24) is 0 Å². The zero-order valence-electron chi connectivity index (χ0n) is 13.4. The van der Waals surface area contributed by atoms with Crippen LogP contribution in [0, 0.1) is 0 Å². The average Bonchev–Trinajstić information content (AvgIpc) is 2.62. The van der Waals surface area contributed by atoms with Gasteiger partial charge in [-0.25, -0.2) is 0 Å². The van der Waals surface area contributed by atoms with Crippen molar-refractivity contribution >= 4 is 11.9 Å². The molecule has 0 radical (unpaired) electrons. The Morgan fingerprint density at radius 3 is 2.65 bits per heavy atom. The summed E-state index contributed by atoms with van der Waals surface area (Å²) in [5.74, 6) is 0. The van der Waals surface area contributed by atoms with E-state index in [0.29, 0.717) is 12.7 Å². The van der Waals surface area contributed by atoms with E-state index in [4.69, 9.17) is 4.74 Å². The second-order valence-corrected chi connectivity index (χ2v) is 6.05. The molecule has 0 unspecified atom stereocenters. The lowest BCUT2D eigenvalue weighted by molar-refractivity contribution is 0.0169. The van der Waals surface area contributed by atoms with E-state index in [0.717, 1.165) is 11.3 Å². The SMILES string of the molecule is C(=NNc1ccccc1)c1cccc(COC2CCCCC2)c1. The van der Waals surface area contributed by atoms with Crippen molar-refractivity contribution in [3.05, 3.63) is 65.7 Å². The van der Waals surface area contributed by atoms with Crippen LogP contribution < -0.4 is 5.43 Å². The van der Waals surface area contributed by atoms with E-state index in [2.05, 4.69) is 34.8 Å². The molecule has 1 N–H and O–H groups in total. The Kier molecular flexibility index (Phi) is 5.81. The first-order valence-electron chi connectivity index (χ1n) is 8.45. The van der Waals surface area contributed by atoms with Crippen LogP contribution in [0.4, 0.5) is 5.69 Å². The van der Waals surface area contributed by atoms with Gasteiger partial charge < -0.3 is 4.74 Å². The monoisotopic (exact) mass is 308 g/mol. The van der Waals surface area contributed by atoms with Crippen LogP contribution in [0.25, 0.3) is 0 Å². The summed E-state index contributed by atoms with van der Waals surface area (Å²) in [6.45, 7) is 0.693. The molecule has 0 bridgehead atoms. The third kappa shape index (κ3) is 5.22. The van der Waals surface area contributed by atoms with Gasteiger partial charge in [0.15, 0.2) is 0 Å². The number of nitrogens with one attached hydrogen (secondary N) is 1. The predicted molar refractivity (Wildman–Crippen MR) is 95.8 cm³/mol. The number of rotatable bonds is 6. The molecule has 1 aliphatic carbocycles. The maximum atomic E-state index is 6.04. The lowest BCUT2D eigenvalue weighted by Crippen LogP contribution is -2.16. The van der Waals surface area contributed by atoms with Gasteiger partial charge in [-0.2, -0.15) is 5.10 Å². The molecule has 0 aromatic heterocycles. The molecule has 0 heterocycles. The standard InChI is InChI=1S/C20H24N2O/c1-3-10-19(11-4-1)22-21-15-17-8-7-9-18(14-17)16-23-20-12-5-2-6-13-20/h1,3-4,7-11,14-15,20,22H,2,5-6,12-13,16H2. The zero-order valence-corrected chi connectivity index (χ0v) is 13.4. The fourth-order valence-corrected chi connectivity index (χ4v) is 2.90. The Morgan fingerprint density at radius 1 is 1.00 bits per heavy atom. The van der Waals surface area contributed by atoms with Crippen LogP contribution in [0.1, 0.15) is 43.2 Å². The molecule has 1 saturated carbocycles. The summed E-state index contributed by atoms with van der Waals surface area (Å²) in [7, 11) is 0. The average molecular weight is 308 g/mol. The maximum absolute atomic E-state index is 6.04. The summed E-state index contributed by atoms with van der Waals surface area (Å²) in [5.41, 5.74) is 6.31. The zero-order chi connectivity index (χ0) is 15.7. The van der Waals surface area contributed by atoms with Crippen molar-refractivity contribution < 1.29 is 4.74 Å². The second-order valence-electron chi connectivity index (χ2n) is 6.05. The van der Waals surface area contributed by atoms with E-state index in [1.807, 2.05) is 36.5 Å². The van der Waals surface area contributed by atoms with E-state index in [1.54, 1.807) is 0 Å². The molecule has 23 heavy (non-hydrogen) atoms. The summed E-state index contributed by atoms with van der Waals surface area (Å²) in [6.07, 6.45) is 8.69. The predicted octanol–water partition coefficient (Wildman–Crippen LogP) is 4.98. The molecule has 1 fully saturated rings. The Morgan fingerprint density at radius 2 is 1.83 bits per heavy atom. The van der Waals surface area contributed by atoms with E-state index < -0.39 is 0 Å². The molecular formula is C20H24N2O. The van der Waals surface area contributed by atoms with Gasteiger partial charge in [0.2, 0.25) is 0 Å². The Balaban J connectivity index is 1.52. The highest BCUT2D eigenvalue weighted by Gasteiger charge is 2.13. The van der Waals surface area contributed by atoms with Crippen molar-refractivity contribution in [2.45, 2.75) is 44.8 Å². The molecule has 0 amide bonds. The second kappa shape index (κ2) is 8.49. The van der Waals surface area contributed by atoms with Crippen molar-refractivity contribution in [2.75, 3.05) is 5.43 Å². The van der Waals surface area contributed by atoms with Crippen LogP contribution in [-0.2, 0) is 11.3 Å². The van der Waals surface area contributed by atoms with Crippen molar-refractivity contribution in [2.24, 2.45) is 5.10 Å². The first-order valence-corrected chi connectivity index (χ1v) is 8.45. The number of nitrogens with zero attached hydrogens (tertiary/aromatic N) is 1. The third-order valence-corrected chi connectivity index (χ3v) is 4.17. The van der Waals surface area contributed by atoms with Gasteiger partial charge in [0.25, 0.3) is 0 Å². The Bertz CT molecular complexity index is 619. The lowest BCUT2D eigenvalue weighted by atomic mass is 9.98. The summed E-state index contributed by atoms with van der Waals surface area (Å²) in [5, 5.41) is 4.29. The molecule has 0 spiro atoms. The summed E-state index contributed by atoms with van der Waals surface area (Å²) in [4.78, 5) is 0. The number of hydrazone groups is 1. The van der Waals surface area contributed by atoms with Gasteiger partial charge in [-0.1, -0.05) is 55.7 Å². The minimum absolute atomic E-state index is 0.445. The van der Waals surface area contributed by atoms with Gasteiger partial charge in [0, 0.05) is 0 Å². The van der Waals surface area contributed by atoms with E-state index >= 15 is 0 Å². The number of para-hydroxylation sites is 1. The van der Waals surface area contributed by atoms with E-state index in [1.165, 1.54) is 37.7 Å². The molecule has 2 aromatic carbocycles. The normalized spacial score (nSPS) is 15.8. The largest absolute Gasteiger partial charge is 0.374 e. The first-order chi connectivity index (χ1) is 11.4. The topological polar surface area (TPSA) is 33.6 Å². The summed E-state index contributed by atoms with van der Waals surface area (Å²) < 4.78 is 6.04. The molecule has 3 heteroatoms. The quantitative estimate of drug-likeness (QED) is 0.603. The van der Waals surface area contributed by atoms with Crippen LogP contribution in [0.3, 0.4) is 0 Å². The smallest absolute Gasteiger partial charge is 0.0720 e. The Hall–Kier alpha value is -2.13. The molecule has 1 aliphatic rings. The van der Waals surface area contributed by atoms with Gasteiger partial charge >= 0.3 is 0 Å². The Labute approximate surface area is 138 Å². The molecule has 0 aliphatic heterocycles. The highest BCUT2D eigenvalue weighted by atomic mass is 16.5. The van der Waals surface area contributed by atoms with Gasteiger partial charge in [0.1, 0.15) is 0 Å². The minimum atomic E-state index is 0.445.